The van der Waals surface area contributed by atoms with Gasteiger partial charge < -0.3 is 4.74 Å². The molecule has 2 rings (SSSR count). The Kier molecular flexibility index (Phi) is 4.98. The summed E-state index contributed by atoms with van der Waals surface area (Å²) in [7, 11) is 1.37. The standard InChI is InChI=1S/C15H15NO2S/c1-18-15(17)13-7-8-14(16-9-13)11-19-10-12-5-3-2-4-6-12/h2-9H,10-11H2,1H3. The van der Waals surface area contributed by atoms with Crippen molar-refractivity contribution in [2.45, 2.75) is 11.5 Å². The molecule has 3 nitrogen and oxygen atoms in total. The Labute approximate surface area is 117 Å². The largest absolute Gasteiger partial charge is 0.465 e. The molecule has 0 saturated heterocycles. The molecule has 0 saturated carbocycles. The predicted molar refractivity (Wildman–Crippen MR) is 77.0 cm³/mol. The van der Waals surface area contributed by atoms with Gasteiger partial charge in [0.1, 0.15) is 0 Å². The third-order valence-electron chi connectivity index (χ3n) is 2.61. The van der Waals surface area contributed by atoms with Crippen molar-refractivity contribution < 1.29 is 9.53 Å². The molecule has 0 radical (unpaired) electrons. The van der Waals surface area contributed by atoms with Gasteiger partial charge in [-0.05, 0) is 17.7 Å². The normalized spacial score (nSPS) is 10.2. The number of hydrogen-bond acceptors (Lipinski definition) is 4. The number of ether oxygens (including phenoxy) is 1. The van der Waals surface area contributed by atoms with Gasteiger partial charge in [0.05, 0.1) is 18.4 Å². The van der Waals surface area contributed by atoms with Crippen LogP contribution in [0.2, 0.25) is 0 Å². The fraction of sp³-hybridized carbons (Fsp3) is 0.200. The molecular formula is C15H15NO2S. The number of carbonyl (C=O) groups excluding carboxylic acids is 1. The Balaban J connectivity index is 1.85. The summed E-state index contributed by atoms with van der Waals surface area (Å²) in [6, 6.07) is 13.9. The van der Waals surface area contributed by atoms with Crippen molar-refractivity contribution in [2.75, 3.05) is 7.11 Å². The van der Waals surface area contributed by atoms with Crippen LogP contribution in [0.5, 0.6) is 0 Å². The lowest BCUT2D eigenvalue weighted by Crippen LogP contribution is -2.02. The van der Waals surface area contributed by atoms with E-state index in [4.69, 9.17) is 0 Å². The number of rotatable bonds is 5. The van der Waals surface area contributed by atoms with Crippen LogP contribution >= 0.6 is 11.8 Å². The third kappa shape index (κ3) is 4.10. The summed E-state index contributed by atoms with van der Waals surface area (Å²) in [5, 5.41) is 0. The maximum absolute atomic E-state index is 11.3. The van der Waals surface area contributed by atoms with Crippen LogP contribution in [-0.4, -0.2) is 18.1 Å². The third-order valence-corrected chi connectivity index (χ3v) is 3.64. The van der Waals surface area contributed by atoms with Gasteiger partial charge in [-0.2, -0.15) is 11.8 Å². The monoisotopic (exact) mass is 273 g/mol. The molecule has 0 spiro atoms. The SMILES string of the molecule is COC(=O)c1ccc(CSCc2ccccc2)nc1. The van der Waals surface area contributed by atoms with E-state index in [-0.39, 0.29) is 5.97 Å². The topological polar surface area (TPSA) is 39.2 Å². The van der Waals surface area contributed by atoms with Crippen molar-refractivity contribution in [1.29, 1.82) is 0 Å². The molecule has 19 heavy (non-hydrogen) atoms. The molecule has 4 heteroatoms. The molecule has 0 unspecified atom stereocenters. The number of carbonyl (C=O) groups is 1. The number of benzene rings is 1. The van der Waals surface area contributed by atoms with Crippen molar-refractivity contribution >= 4 is 17.7 Å². The summed E-state index contributed by atoms with van der Waals surface area (Å²) in [5.74, 6) is 1.44. The fourth-order valence-corrected chi connectivity index (χ4v) is 2.51. The van der Waals surface area contributed by atoms with Crippen molar-refractivity contribution in [3.63, 3.8) is 0 Å². The second kappa shape index (κ2) is 6.95. The Morgan fingerprint density at radius 1 is 1.16 bits per heavy atom. The van der Waals surface area contributed by atoms with Crippen molar-refractivity contribution in [3.05, 3.63) is 65.5 Å². The highest BCUT2D eigenvalue weighted by atomic mass is 32.2. The second-order valence-electron chi connectivity index (χ2n) is 4.01. The minimum atomic E-state index is -0.351. The molecule has 1 aromatic heterocycles. The molecule has 1 aromatic carbocycles. The van der Waals surface area contributed by atoms with E-state index in [2.05, 4.69) is 21.9 Å². The average molecular weight is 273 g/mol. The first kappa shape index (κ1) is 13.6. The van der Waals surface area contributed by atoms with Gasteiger partial charge in [0.25, 0.3) is 0 Å². The molecule has 1 heterocycles. The zero-order chi connectivity index (χ0) is 13.5. The maximum Gasteiger partial charge on any atom is 0.339 e. The van der Waals surface area contributed by atoms with Gasteiger partial charge in [-0.15, -0.1) is 0 Å². The first-order valence-corrected chi connectivity index (χ1v) is 7.10. The molecule has 2 aromatic rings. The number of nitrogens with zero attached hydrogens (tertiary/aromatic N) is 1. The van der Waals surface area contributed by atoms with E-state index >= 15 is 0 Å². The van der Waals surface area contributed by atoms with Crippen LogP contribution in [-0.2, 0) is 16.2 Å². The lowest BCUT2D eigenvalue weighted by atomic mass is 10.2. The number of hydrogen-bond donors (Lipinski definition) is 0. The van der Waals surface area contributed by atoms with Gasteiger partial charge in [-0.1, -0.05) is 30.3 Å². The summed E-state index contributed by atoms with van der Waals surface area (Å²) in [6.45, 7) is 0. The molecule has 0 aliphatic carbocycles. The molecule has 0 amide bonds. The lowest BCUT2D eigenvalue weighted by Gasteiger charge is -2.03. The summed E-state index contributed by atoms with van der Waals surface area (Å²) in [5.41, 5.74) is 2.76. The number of esters is 1. The first-order chi connectivity index (χ1) is 9.29. The Hall–Kier alpha value is -1.81. The van der Waals surface area contributed by atoms with Crippen LogP contribution in [0.25, 0.3) is 0 Å². The van der Waals surface area contributed by atoms with E-state index in [1.54, 1.807) is 24.0 Å². The first-order valence-electron chi connectivity index (χ1n) is 5.94. The lowest BCUT2D eigenvalue weighted by molar-refractivity contribution is 0.0600. The summed E-state index contributed by atoms with van der Waals surface area (Å²) in [4.78, 5) is 15.5. The molecule has 0 fully saturated rings. The molecule has 0 aliphatic heterocycles. The van der Waals surface area contributed by atoms with Crippen LogP contribution in [0.1, 0.15) is 21.6 Å². The Bertz CT molecular complexity index is 526. The highest BCUT2D eigenvalue weighted by Crippen LogP contribution is 2.16. The molecule has 0 atom stereocenters. The van der Waals surface area contributed by atoms with Crippen LogP contribution in [0.15, 0.2) is 48.7 Å². The minimum Gasteiger partial charge on any atom is -0.465 e. The minimum absolute atomic E-state index is 0.351. The van der Waals surface area contributed by atoms with Gasteiger partial charge in [-0.25, -0.2) is 4.79 Å². The van der Waals surface area contributed by atoms with Crippen LogP contribution in [0.4, 0.5) is 0 Å². The molecule has 0 N–H and O–H groups in total. The zero-order valence-electron chi connectivity index (χ0n) is 10.7. The number of pyridine rings is 1. The fourth-order valence-electron chi connectivity index (χ4n) is 1.60. The van der Waals surface area contributed by atoms with Crippen molar-refractivity contribution in [3.8, 4) is 0 Å². The smallest absolute Gasteiger partial charge is 0.339 e. The molecule has 98 valence electrons. The Morgan fingerprint density at radius 2 is 1.95 bits per heavy atom. The average Bonchev–Trinajstić information content (AvgIpc) is 2.48. The van der Waals surface area contributed by atoms with E-state index in [1.807, 2.05) is 24.3 Å². The quantitative estimate of drug-likeness (QED) is 0.784. The van der Waals surface area contributed by atoms with E-state index in [0.717, 1.165) is 17.2 Å². The van der Waals surface area contributed by atoms with E-state index in [0.29, 0.717) is 5.56 Å². The molecule has 0 aliphatic rings. The van der Waals surface area contributed by atoms with Gasteiger partial charge >= 0.3 is 5.97 Å². The molecule has 0 bridgehead atoms. The van der Waals surface area contributed by atoms with E-state index < -0.39 is 0 Å². The zero-order valence-corrected chi connectivity index (χ0v) is 11.5. The van der Waals surface area contributed by atoms with Crippen LogP contribution in [0.3, 0.4) is 0 Å². The maximum atomic E-state index is 11.3. The number of thioether (sulfide) groups is 1. The number of aromatic nitrogens is 1. The van der Waals surface area contributed by atoms with E-state index in [9.17, 15) is 4.79 Å². The molecular weight excluding hydrogens is 258 g/mol. The van der Waals surface area contributed by atoms with Gasteiger partial charge in [-0.3, -0.25) is 4.98 Å². The van der Waals surface area contributed by atoms with E-state index in [1.165, 1.54) is 12.7 Å². The van der Waals surface area contributed by atoms with Crippen molar-refractivity contribution in [1.82, 2.24) is 4.98 Å². The summed E-state index contributed by atoms with van der Waals surface area (Å²) >= 11 is 1.80. The van der Waals surface area contributed by atoms with Gasteiger partial charge in [0, 0.05) is 17.7 Å². The number of methoxy groups -OCH3 is 1. The van der Waals surface area contributed by atoms with Crippen LogP contribution in [0, 0.1) is 0 Å². The second-order valence-corrected chi connectivity index (χ2v) is 4.99. The Morgan fingerprint density at radius 3 is 2.58 bits per heavy atom. The summed E-state index contributed by atoms with van der Waals surface area (Å²) in [6.07, 6.45) is 1.56. The highest BCUT2D eigenvalue weighted by molar-refractivity contribution is 7.97. The van der Waals surface area contributed by atoms with Crippen molar-refractivity contribution in [2.24, 2.45) is 0 Å². The van der Waals surface area contributed by atoms with Crippen LogP contribution < -0.4 is 0 Å². The predicted octanol–water partition coefficient (Wildman–Crippen LogP) is 3.30. The van der Waals surface area contributed by atoms with Gasteiger partial charge in [0.2, 0.25) is 0 Å². The highest BCUT2D eigenvalue weighted by Gasteiger charge is 2.05. The summed E-state index contributed by atoms with van der Waals surface area (Å²) < 4.78 is 4.63. The van der Waals surface area contributed by atoms with Gasteiger partial charge in [0.15, 0.2) is 0 Å².